The van der Waals surface area contributed by atoms with Crippen LogP contribution in [0.5, 0.6) is 5.75 Å². The second-order valence-corrected chi connectivity index (χ2v) is 12.8. The highest BCUT2D eigenvalue weighted by Crippen LogP contribution is 2.44. The van der Waals surface area contributed by atoms with Crippen LogP contribution in [0.25, 0.3) is 11.1 Å². The van der Waals surface area contributed by atoms with Crippen LogP contribution in [0.15, 0.2) is 48.7 Å². The summed E-state index contributed by atoms with van der Waals surface area (Å²) in [5, 5.41) is 10.3. The second kappa shape index (κ2) is 12.2. The van der Waals surface area contributed by atoms with Crippen LogP contribution in [0, 0.1) is 25.1 Å². The van der Waals surface area contributed by atoms with Gasteiger partial charge in [0.15, 0.2) is 6.10 Å². The largest absolute Gasteiger partial charge is 0.493 e. The van der Waals surface area contributed by atoms with Crippen LogP contribution in [0.4, 0.5) is 10.1 Å². The molecular weight excluding hydrogens is 519 g/mol. The third-order valence-corrected chi connectivity index (χ3v) is 7.73. The van der Waals surface area contributed by atoms with E-state index in [4.69, 9.17) is 9.47 Å². The first kappa shape index (κ1) is 30.5. The summed E-state index contributed by atoms with van der Waals surface area (Å²) in [6, 6.07) is 12.5. The van der Waals surface area contributed by atoms with Crippen molar-refractivity contribution in [3.05, 3.63) is 76.9 Å². The van der Waals surface area contributed by atoms with Crippen LogP contribution in [0.1, 0.15) is 75.9 Å². The quantitative estimate of drug-likeness (QED) is 0.288. The van der Waals surface area contributed by atoms with Crippen LogP contribution in [-0.4, -0.2) is 41.4 Å². The molecular formula is C34H43FN2O4. The molecule has 1 aromatic heterocycles. The number of rotatable bonds is 9. The zero-order valence-electron chi connectivity index (χ0n) is 25.4. The summed E-state index contributed by atoms with van der Waals surface area (Å²) in [7, 11) is 0. The minimum Gasteiger partial charge on any atom is -0.493 e. The average Bonchev–Trinajstić information content (AvgIpc) is 2.89. The maximum Gasteiger partial charge on any atom is 0.337 e. The van der Waals surface area contributed by atoms with Crippen LogP contribution >= 0.6 is 0 Å². The lowest BCUT2D eigenvalue weighted by atomic mass is 9.82. The lowest BCUT2D eigenvalue weighted by Gasteiger charge is -2.41. The minimum atomic E-state index is -1.15. The molecule has 2 heterocycles. The monoisotopic (exact) mass is 562 g/mol. The van der Waals surface area contributed by atoms with Gasteiger partial charge < -0.3 is 19.5 Å². The molecule has 7 heteroatoms. The fourth-order valence-electron chi connectivity index (χ4n) is 5.31. The molecule has 0 radical (unpaired) electrons. The lowest BCUT2D eigenvalue weighted by molar-refractivity contribution is -0.160. The van der Waals surface area contributed by atoms with E-state index in [1.54, 1.807) is 12.1 Å². The Balaban J connectivity index is 1.71. The molecule has 0 bridgehead atoms. The Morgan fingerprint density at radius 1 is 1.10 bits per heavy atom. The van der Waals surface area contributed by atoms with Gasteiger partial charge in [-0.3, -0.25) is 4.98 Å². The van der Waals surface area contributed by atoms with E-state index in [1.807, 2.05) is 52.9 Å². The van der Waals surface area contributed by atoms with Gasteiger partial charge >= 0.3 is 5.97 Å². The number of aryl methyl sites for hydroxylation is 2. The molecule has 1 aliphatic heterocycles. The van der Waals surface area contributed by atoms with E-state index in [-0.39, 0.29) is 11.2 Å². The molecule has 3 aromatic rings. The van der Waals surface area contributed by atoms with Crippen molar-refractivity contribution in [3.63, 3.8) is 0 Å². The zero-order valence-corrected chi connectivity index (χ0v) is 25.4. The van der Waals surface area contributed by atoms with Gasteiger partial charge in [-0.2, -0.15) is 0 Å². The Kier molecular flexibility index (Phi) is 9.07. The van der Waals surface area contributed by atoms with E-state index < -0.39 is 17.7 Å². The summed E-state index contributed by atoms with van der Waals surface area (Å²) in [5.74, 6) is -0.499. The van der Waals surface area contributed by atoms with Crippen molar-refractivity contribution in [2.45, 2.75) is 79.4 Å². The molecule has 1 saturated heterocycles. The van der Waals surface area contributed by atoms with E-state index in [9.17, 15) is 14.3 Å². The van der Waals surface area contributed by atoms with Crippen molar-refractivity contribution >= 4 is 11.7 Å². The summed E-state index contributed by atoms with van der Waals surface area (Å²) in [5.41, 5.74) is 5.54. The fourth-order valence-corrected chi connectivity index (χ4v) is 5.31. The number of nitrogens with zero attached hydrogens (tertiary/aromatic N) is 2. The van der Waals surface area contributed by atoms with Crippen LogP contribution in [-0.2, 0) is 16.0 Å². The van der Waals surface area contributed by atoms with Gasteiger partial charge in [0.05, 0.1) is 17.9 Å². The maximum atomic E-state index is 13.2. The highest BCUT2D eigenvalue weighted by molar-refractivity contribution is 5.86. The number of pyridine rings is 1. The first-order valence-electron chi connectivity index (χ1n) is 14.4. The number of ether oxygens (including phenoxy) is 2. The average molecular weight is 563 g/mol. The number of halogens is 1. The molecule has 4 rings (SSSR count). The van der Waals surface area contributed by atoms with E-state index >= 15 is 0 Å². The predicted octanol–water partition coefficient (Wildman–Crippen LogP) is 7.69. The van der Waals surface area contributed by atoms with Gasteiger partial charge in [0.1, 0.15) is 11.6 Å². The smallest absolute Gasteiger partial charge is 0.337 e. The van der Waals surface area contributed by atoms with E-state index in [0.29, 0.717) is 24.3 Å². The molecule has 0 unspecified atom stereocenters. The van der Waals surface area contributed by atoms with Crippen LogP contribution in [0.2, 0.25) is 0 Å². The van der Waals surface area contributed by atoms with Gasteiger partial charge in [-0.05, 0) is 93.8 Å². The van der Waals surface area contributed by atoms with E-state index in [2.05, 4.69) is 29.8 Å². The summed E-state index contributed by atoms with van der Waals surface area (Å²) < 4.78 is 25.4. The number of anilines is 1. The molecule has 220 valence electrons. The normalized spacial score (nSPS) is 16.0. The van der Waals surface area contributed by atoms with Crippen molar-refractivity contribution in [1.82, 2.24) is 4.98 Å². The topological polar surface area (TPSA) is 71.9 Å². The molecule has 41 heavy (non-hydrogen) atoms. The first-order chi connectivity index (χ1) is 19.2. The Labute approximate surface area is 243 Å². The van der Waals surface area contributed by atoms with Gasteiger partial charge in [0, 0.05) is 42.5 Å². The van der Waals surface area contributed by atoms with Gasteiger partial charge in [0.25, 0.3) is 0 Å². The summed E-state index contributed by atoms with van der Waals surface area (Å²) in [6.45, 7) is 16.2. The number of aromatic nitrogens is 1. The Morgan fingerprint density at radius 2 is 1.76 bits per heavy atom. The lowest BCUT2D eigenvalue weighted by Crippen LogP contribution is -2.39. The highest BCUT2D eigenvalue weighted by Gasteiger charge is 2.35. The zero-order chi connectivity index (χ0) is 29.9. The minimum absolute atomic E-state index is 0.233. The summed E-state index contributed by atoms with van der Waals surface area (Å²) in [6.07, 6.45) is 3.39. The Morgan fingerprint density at radius 3 is 2.34 bits per heavy atom. The number of piperidine rings is 1. The number of hydrogen-bond donors (Lipinski definition) is 1. The van der Waals surface area contributed by atoms with E-state index in [1.165, 1.54) is 12.1 Å². The van der Waals surface area contributed by atoms with Crippen molar-refractivity contribution in [1.29, 1.82) is 0 Å². The van der Waals surface area contributed by atoms with Crippen LogP contribution < -0.4 is 9.64 Å². The third-order valence-electron chi connectivity index (χ3n) is 7.73. The SMILES string of the molecule is Cc1cc(-c2cnc(C)c([C@H](OC(C)(C)C)C(=O)O)c2N2CCC(C)(C)CC2)ccc1OCCc1ccc(F)cc1. The summed E-state index contributed by atoms with van der Waals surface area (Å²) in [4.78, 5) is 19.6. The van der Waals surface area contributed by atoms with Crippen molar-refractivity contribution in [2.75, 3.05) is 24.6 Å². The van der Waals surface area contributed by atoms with Crippen molar-refractivity contribution in [2.24, 2.45) is 5.41 Å². The molecule has 6 nitrogen and oxygen atoms in total. The first-order valence-corrected chi connectivity index (χ1v) is 14.4. The molecule has 0 amide bonds. The van der Waals surface area contributed by atoms with Crippen molar-refractivity contribution < 1.29 is 23.8 Å². The molecule has 1 N–H and O–H groups in total. The number of hydrogen-bond acceptors (Lipinski definition) is 5. The number of benzene rings is 2. The number of carboxylic acids is 1. The molecule has 1 atom stereocenters. The fraction of sp³-hybridized carbons (Fsp3) is 0.471. The highest BCUT2D eigenvalue weighted by atomic mass is 19.1. The maximum absolute atomic E-state index is 13.2. The molecule has 1 aliphatic rings. The number of carboxylic acid groups (broad SMARTS) is 1. The number of aliphatic carboxylic acids is 1. The predicted molar refractivity (Wildman–Crippen MR) is 161 cm³/mol. The molecule has 1 fully saturated rings. The second-order valence-electron chi connectivity index (χ2n) is 12.8. The van der Waals surface area contributed by atoms with Gasteiger partial charge in [-0.1, -0.05) is 32.0 Å². The summed E-state index contributed by atoms with van der Waals surface area (Å²) >= 11 is 0. The molecule has 0 saturated carbocycles. The standard InChI is InChI=1S/C34H43FN2O4/c1-22-20-25(10-13-28(22)40-19-14-24-8-11-26(35)12-9-24)27-21-36-23(2)29(31(32(38)39)41-33(3,4)5)30(27)37-17-15-34(6,7)16-18-37/h8-13,20-21,31H,14-19H2,1-7H3,(H,38,39)/t31-/m0/s1. The van der Waals surface area contributed by atoms with Gasteiger partial charge in [-0.25, -0.2) is 9.18 Å². The van der Waals surface area contributed by atoms with Crippen molar-refractivity contribution in [3.8, 4) is 16.9 Å². The Hall–Kier alpha value is -3.45. The third kappa shape index (κ3) is 7.64. The molecule has 2 aromatic carbocycles. The number of carbonyl (C=O) groups is 1. The molecule has 0 spiro atoms. The van der Waals surface area contributed by atoms with Gasteiger partial charge in [0.2, 0.25) is 0 Å². The van der Waals surface area contributed by atoms with Gasteiger partial charge in [-0.15, -0.1) is 0 Å². The van der Waals surface area contributed by atoms with Crippen LogP contribution in [0.3, 0.4) is 0 Å². The Bertz CT molecular complexity index is 1370. The van der Waals surface area contributed by atoms with E-state index in [0.717, 1.165) is 59.6 Å². The molecule has 0 aliphatic carbocycles.